The van der Waals surface area contributed by atoms with Crippen LogP contribution in [0.4, 0.5) is 18.9 Å². The second-order valence-electron chi connectivity index (χ2n) is 5.50. The van der Waals surface area contributed by atoms with E-state index in [9.17, 15) is 22.8 Å². The van der Waals surface area contributed by atoms with Crippen molar-refractivity contribution in [2.24, 2.45) is 5.92 Å². The minimum absolute atomic E-state index is 0.118. The molecule has 132 valence electrons. The van der Waals surface area contributed by atoms with Crippen molar-refractivity contribution in [2.45, 2.75) is 19.0 Å². The van der Waals surface area contributed by atoms with E-state index in [1.165, 1.54) is 23.4 Å². The Morgan fingerprint density at radius 2 is 2.08 bits per heavy atom. The fourth-order valence-corrected chi connectivity index (χ4v) is 2.10. The number of benzene rings is 1. The largest absolute Gasteiger partial charge is 0.455 e. The normalized spacial score (nSPS) is 14.2. The molecule has 1 N–H and O–H groups in total. The molecular formula is C15H13F3N4O3. The van der Waals surface area contributed by atoms with E-state index < -0.39 is 30.2 Å². The fourth-order valence-electron chi connectivity index (χ4n) is 2.10. The van der Waals surface area contributed by atoms with E-state index in [2.05, 4.69) is 15.4 Å². The van der Waals surface area contributed by atoms with Crippen LogP contribution in [0, 0.1) is 5.92 Å². The van der Waals surface area contributed by atoms with Gasteiger partial charge in [0.1, 0.15) is 12.7 Å². The number of halogens is 3. The van der Waals surface area contributed by atoms with E-state index in [0.29, 0.717) is 0 Å². The summed E-state index contributed by atoms with van der Waals surface area (Å²) < 4.78 is 44.8. The number of aromatic nitrogens is 3. The topological polar surface area (TPSA) is 86.1 Å². The van der Waals surface area contributed by atoms with Gasteiger partial charge in [0.05, 0.1) is 22.9 Å². The maximum absolute atomic E-state index is 12.9. The van der Waals surface area contributed by atoms with Crippen LogP contribution in [0.15, 0.2) is 30.9 Å². The van der Waals surface area contributed by atoms with Gasteiger partial charge in [-0.15, -0.1) is 0 Å². The molecule has 3 rings (SSSR count). The van der Waals surface area contributed by atoms with Gasteiger partial charge >= 0.3 is 12.1 Å². The monoisotopic (exact) mass is 354 g/mol. The molecule has 1 aliphatic rings. The van der Waals surface area contributed by atoms with Gasteiger partial charge in [-0.25, -0.2) is 9.67 Å². The number of rotatable bonds is 5. The molecule has 1 heterocycles. The highest BCUT2D eigenvalue weighted by Gasteiger charge is 2.32. The molecule has 10 heteroatoms. The molecule has 1 aliphatic carbocycles. The van der Waals surface area contributed by atoms with Crippen LogP contribution in [0.5, 0.6) is 0 Å². The molecule has 1 aromatic carbocycles. The Labute approximate surface area is 139 Å². The highest BCUT2D eigenvalue weighted by Crippen LogP contribution is 2.33. The third-order valence-electron chi connectivity index (χ3n) is 3.52. The Kier molecular flexibility index (Phi) is 4.43. The molecule has 0 radical (unpaired) electrons. The van der Waals surface area contributed by atoms with Crippen molar-refractivity contribution < 1.29 is 27.5 Å². The molecule has 1 aromatic heterocycles. The zero-order chi connectivity index (χ0) is 18.0. The molecule has 0 saturated heterocycles. The van der Waals surface area contributed by atoms with Gasteiger partial charge in [-0.1, -0.05) is 0 Å². The minimum Gasteiger partial charge on any atom is -0.455 e. The summed E-state index contributed by atoms with van der Waals surface area (Å²) in [4.78, 5) is 27.1. The van der Waals surface area contributed by atoms with Crippen molar-refractivity contribution in [3.05, 3.63) is 36.4 Å². The molecular weight excluding hydrogens is 341 g/mol. The van der Waals surface area contributed by atoms with Crippen LogP contribution in [0.3, 0.4) is 0 Å². The smallest absolute Gasteiger partial charge is 0.416 e. The summed E-state index contributed by atoms with van der Waals surface area (Å²) in [5.41, 5.74) is -0.846. The van der Waals surface area contributed by atoms with Crippen LogP contribution in [-0.4, -0.2) is 33.2 Å². The molecule has 0 unspecified atom stereocenters. The van der Waals surface area contributed by atoms with Crippen molar-refractivity contribution in [1.82, 2.24) is 14.8 Å². The van der Waals surface area contributed by atoms with Crippen LogP contribution >= 0.6 is 0 Å². The average molecular weight is 354 g/mol. The summed E-state index contributed by atoms with van der Waals surface area (Å²) in [6.45, 7) is -0.567. The first-order valence-corrected chi connectivity index (χ1v) is 7.37. The van der Waals surface area contributed by atoms with Crippen LogP contribution in [0.2, 0.25) is 0 Å². The number of nitrogens with zero attached hydrogens (tertiary/aromatic N) is 3. The van der Waals surface area contributed by atoms with Gasteiger partial charge in [0.25, 0.3) is 5.91 Å². The molecule has 1 amide bonds. The number of carbonyl (C=O) groups excluding carboxylic acids is 2. The Morgan fingerprint density at radius 1 is 1.32 bits per heavy atom. The molecule has 0 atom stereocenters. The van der Waals surface area contributed by atoms with Gasteiger partial charge < -0.3 is 10.1 Å². The number of anilines is 1. The van der Waals surface area contributed by atoms with Gasteiger partial charge in [-0.2, -0.15) is 18.3 Å². The van der Waals surface area contributed by atoms with Gasteiger partial charge in [-0.3, -0.25) is 9.59 Å². The van der Waals surface area contributed by atoms with Crippen molar-refractivity contribution in [2.75, 3.05) is 11.9 Å². The molecule has 25 heavy (non-hydrogen) atoms. The van der Waals surface area contributed by atoms with E-state index in [1.807, 2.05) is 0 Å². The predicted octanol–water partition coefficient (Wildman–Crippen LogP) is 2.18. The molecule has 0 spiro atoms. The van der Waals surface area contributed by atoms with Crippen LogP contribution in [-0.2, 0) is 20.5 Å². The lowest BCUT2D eigenvalue weighted by atomic mass is 10.1. The average Bonchev–Trinajstić information content (AvgIpc) is 3.27. The Morgan fingerprint density at radius 3 is 2.68 bits per heavy atom. The summed E-state index contributed by atoms with van der Waals surface area (Å²) >= 11 is 0. The number of carbonyl (C=O) groups is 2. The maximum Gasteiger partial charge on any atom is 0.416 e. The van der Waals surface area contributed by atoms with Gasteiger partial charge in [0.2, 0.25) is 0 Å². The van der Waals surface area contributed by atoms with Gasteiger partial charge in [-0.05, 0) is 31.0 Å². The van der Waals surface area contributed by atoms with Gasteiger partial charge in [0, 0.05) is 0 Å². The Balaban J connectivity index is 1.79. The van der Waals surface area contributed by atoms with Crippen molar-refractivity contribution in [1.29, 1.82) is 0 Å². The van der Waals surface area contributed by atoms with Crippen LogP contribution in [0.1, 0.15) is 18.4 Å². The SMILES string of the molecule is O=C(COC(=O)C1CC1)Nc1cc(C(F)(F)F)ccc1-n1cncn1. The molecule has 1 saturated carbocycles. The van der Waals surface area contributed by atoms with Crippen molar-refractivity contribution >= 4 is 17.6 Å². The number of amides is 1. The van der Waals surface area contributed by atoms with E-state index in [-0.39, 0.29) is 17.3 Å². The molecule has 7 nitrogen and oxygen atoms in total. The lowest BCUT2D eigenvalue weighted by molar-refractivity contribution is -0.148. The number of hydrogen-bond acceptors (Lipinski definition) is 5. The van der Waals surface area contributed by atoms with E-state index in [1.54, 1.807) is 0 Å². The highest BCUT2D eigenvalue weighted by molar-refractivity contribution is 5.95. The first kappa shape index (κ1) is 16.9. The number of alkyl halides is 3. The predicted molar refractivity (Wildman–Crippen MR) is 78.7 cm³/mol. The van der Waals surface area contributed by atoms with E-state index in [0.717, 1.165) is 25.0 Å². The molecule has 0 bridgehead atoms. The Hall–Kier alpha value is -2.91. The first-order valence-electron chi connectivity index (χ1n) is 7.37. The van der Waals surface area contributed by atoms with Gasteiger partial charge in [0.15, 0.2) is 6.61 Å². The number of ether oxygens (including phenoxy) is 1. The summed E-state index contributed by atoms with van der Waals surface area (Å²) in [6.07, 6.45) is -0.625. The third kappa shape index (κ3) is 4.14. The summed E-state index contributed by atoms with van der Waals surface area (Å²) in [5, 5.41) is 6.16. The lowest BCUT2D eigenvalue weighted by Crippen LogP contribution is -2.22. The van der Waals surface area contributed by atoms with Crippen molar-refractivity contribution in [3.8, 4) is 5.69 Å². The maximum atomic E-state index is 12.9. The highest BCUT2D eigenvalue weighted by atomic mass is 19.4. The minimum atomic E-state index is -4.57. The van der Waals surface area contributed by atoms with Crippen LogP contribution < -0.4 is 5.32 Å². The summed E-state index contributed by atoms with van der Waals surface area (Å²) in [6, 6.07) is 2.83. The standard InChI is InChI=1S/C15H13F3N4O3/c16-15(17,18)10-3-4-12(22-8-19-7-20-22)11(5-10)21-13(23)6-25-14(24)9-1-2-9/h3-5,7-9H,1-2,6H2,(H,21,23). The van der Waals surface area contributed by atoms with E-state index >= 15 is 0 Å². The lowest BCUT2D eigenvalue weighted by Gasteiger charge is -2.14. The molecule has 2 aromatic rings. The fraction of sp³-hybridized carbons (Fsp3) is 0.333. The Bertz CT molecular complexity index is 786. The number of hydrogen-bond donors (Lipinski definition) is 1. The molecule has 1 fully saturated rings. The summed E-state index contributed by atoms with van der Waals surface area (Å²) in [7, 11) is 0. The molecule has 0 aliphatic heterocycles. The summed E-state index contributed by atoms with van der Waals surface area (Å²) in [5.74, 6) is -1.39. The number of nitrogens with one attached hydrogen (secondary N) is 1. The zero-order valence-electron chi connectivity index (χ0n) is 12.8. The third-order valence-corrected chi connectivity index (χ3v) is 3.52. The second-order valence-corrected chi connectivity index (χ2v) is 5.50. The quantitative estimate of drug-likeness (QED) is 0.832. The van der Waals surface area contributed by atoms with Crippen molar-refractivity contribution in [3.63, 3.8) is 0 Å². The zero-order valence-corrected chi connectivity index (χ0v) is 12.8. The number of esters is 1. The first-order chi connectivity index (χ1) is 11.8. The van der Waals surface area contributed by atoms with E-state index in [4.69, 9.17) is 4.74 Å². The van der Waals surface area contributed by atoms with Crippen LogP contribution in [0.25, 0.3) is 5.69 Å². The second kappa shape index (κ2) is 6.54.